The molecule has 1 atom stereocenters. The highest BCUT2D eigenvalue weighted by Gasteiger charge is 2.10. The lowest BCUT2D eigenvalue weighted by atomic mass is 10.1. The molecular weight excluding hydrogens is 265 g/mol. The lowest BCUT2D eigenvalue weighted by Gasteiger charge is -2.17. The van der Waals surface area contributed by atoms with Crippen LogP contribution in [0.2, 0.25) is 5.02 Å². The summed E-state index contributed by atoms with van der Waals surface area (Å²) < 4.78 is 18.5. The summed E-state index contributed by atoms with van der Waals surface area (Å²) in [5.74, 6) is -0.158. The first-order chi connectivity index (χ1) is 9.11. The molecule has 0 radical (unpaired) electrons. The molecule has 2 aromatic rings. The molecule has 0 bridgehead atoms. The predicted octanol–water partition coefficient (Wildman–Crippen LogP) is 4.66. The molecule has 1 N–H and O–H groups in total. The average molecular weight is 280 g/mol. The molecule has 0 aliphatic heterocycles. The Balaban J connectivity index is 2.17. The van der Waals surface area contributed by atoms with Gasteiger partial charge in [-0.3, -0.25) is 0 Å². The zero-order valence-corrected chi connectivity index (χ0v) is 11.5. The summed E-state index contributed by atoms with van der Waals surface area (Å²) in [5, 5.41) is 3.90. The highest BCUT2D eigenvalue weighted by Crippen LogP contribution is 2.27. The van der Waals surface area contributed by atoms with Crippen LogP contribution in [0, 0.1) is 5.82 Å². The molecule has 0 aliphatic rings. The van der Waals surface area contributed by atoms with Crippen LogP contribution in [0.25, 0.3) is 0 Å². The highest BCUT2D eigenvalue weighted by molar-refractivity contribution is 6.31. The average Bonchev–Trinajstić information content (AvgIpc) is 2.39. The minimum Gasteiger partial charge on any atom is -0.494 e. The van der Waals surface area contributed by atoms with Crippen LogP contribution >= 0.6 is 11.6 Å². The summed E-state index contributed by atoms with van der Waals surface area (Å²) in [4.78, 5) is 0. The van der Waals surface area contributed by atoms with Crippen LogP contribution < -0.4 is 10.1 Å². The topological polar surface area (TPSA) is 21.3 Å². The number of methoxy groups -OCH3 is 1. The molecule has 0 fully saturated rings. The second kappa shape index (κ2) is 5.93. The van der Waals surface area contributed by atoms with E-state index in [2.05, 4.69) is 5.32 Å². The summed E-state index contributed by atoms with van der Waals surface area (Å²) in [6, 6.07) is 12.4. The van der Waals surface area contributed by atoms with Crippen molar-refractivity contribution in [2.24, 2.45) is 0 Å². The maximum atomic E-state index is 13.6. The van der Waals surface area contributed by atoms with Gasteiger partial charge in [0, 0.05) is 22.8 Å². The van der Waals surface area contributed by atoms with Crippen LogP contribution in [0.5, 0.6) is 5.75 Å². The number of nitrogens with one attached hydrogen (secondary N) is 1. The summed E-state index contributed by atoms with van der Waals surface area (Å²) >= 11 is 6.13. The maximum Gasteiger partial charge on any atom is 0.167 e. The number of rotatable bonds is 4. The number of anilines is 1. The Hall–Kier alpha value is -1.74. The summed E-state index contributed by atoms with van der Waals surface area (Å²) in [6.45, 7) is 1.98. The Morgan fingerprint density at radius 3 is 2.58 bits per heavy atom. The number of benzene rings is 2. The van der Waals surface area contributed by atoms with E-state index in [1.165, 1.54) is 13.2 Å². The Labute approximate surface area is 117 Å². The van der Waals surface area contributed by atoms with Gasteiger partial charge in [0.05, 0.1) is 7.11 Å². The maximum absolute atomic E-state index is 13.6. The van der Waals surface area contributed by atoms with Gasteiger partial charge in [-0.1, -0.05) is 29.8 Å². The fourth-order valence-electron chi connectivity index (χ4n) is 1.91. The quantitative estimate of drug-likeness (QED) is 0.879. The molecule has 4 heteroatoms. The monoisotopic (exact) mass is 279 g/mol. The van der Waals surface area contributed by atoms with Gasteiger partial charge in [-0.2, -0.15) is 0 Å². The molecule has 0 amide bonds. The molecule has 0 aromatic heterocycles. The van der Waals surface area contributed by atoms with Crippen molar-refractivity contribution < 1.29 is 9.13 Å². The van der Waals surface area contributed by atoms with Crippen LogP contribution in [-0.4, -0.2) is 7.11 Å². The SMILES string of the molecule is COc1ccc(NC(C)c2ccccc2Cl)cc1F. The van der Waals surface area contributed by atoms with Crippen LogP contribution in [0.4, 0.5) is 10.1 Å². The largest absolute Gasteiger partial charge is 0.494 e. The van der Waals surface area contributed by atoms with Crippen molar-refractivity contribution in [2.45, 2.75) is 13.0 Å². The van der Waals surface area contributed by atoms with E-state index in [0.717, 1.165) is 5.56 Å². The molecule has 2 nitrogen and oxygen atoms in total. The van der Waals surface area contributed by atoms with E-state index >= 15 is 0 Å². The van der Waals surface area contributed by atoms with Crippen LogP contribution in [-0.2, 0) is 0 Å². The summed E-state index contributed by atoms with van der Waals surface area (Å²) in [7, 11) is 1.44. The summed E-state index contributed by atoms with van der Waals surface area (Å²) in [5.41, 5.74) is 1.66. The molecule has 0 saturated heterocycles. The fourth-order valence-corrected chi connectivity index (χ4v) is 2.21. The van der Waals surface area contributed by atoms with Crippen molar-refractivity contribution in [3.05, 3.63) is 58.9 Å². The van der Waals surface area contributed by atoms with Gasteiger partial charge in [0.2, 0.25) is 0 Å². The second-order valence-electron chi connectivity index (χ2n) is 4.24. The minimum absolute atomic E-state index is 0.0125. The molecular formula is C15H15ClFNO. The number of ether oxygens (including phenoxy) is 1. The van der Waals surface area contributed by atoms with Crippen molar-refractivity contribution >= 4 is 17.3 Å². The number of hydrogen-bond acceptors (Lipinski definition) is 2. The van der Waals surface area contributed by atoms with Crippen molar-refractivity contribution in [2.75, 3.05) is 12.4 Å². The predicted molar refractivity (Wildman–Crippen MR) is 76.4 cm³/mol. The van der Waals surface area contributed by atoms with E-state index in [0.29, 0.717) is 10.7 Å². The van der Waals surface area contributed by atoms with Crippen molar-refractivity contribution in [3.63, 3.8) is 0 Å². The molecule has 0 heterocycles. The van der Waals surface area contributed by atoms with Gasteiger partial charge in [-0.15, -0.1) is 0 Å². The Morgan fingerprint density at radius 1 is 1.21 bits per heavy atom. The molecule has 0 saturated carbocycles. The Kier molecular flexibility index (Phi) is 4.27. The molecule has 0 spiro atoms. The summed E-state index contributed by atoms with van der Waals surface area (Å²) in [6.07, 6.45) is 0. The van der Waals surface area contributed by atoms with Gasteiger partial charge in [-0.05, 0) is 30.7 Å². The van der Waals surface area contributed by atoms with Crippen LogP contribution in [0.15, 0.2) is 42.5 Å². The number of halogens is 2. The van der Waals surface area contributed by atoms with Crippen molar-refractivity contribution in [1.82, 2.24) is 0 Å². The standard InChI is InChI=1S/C15H15ClFNO/c1-10(12-5-3-4-6-13(12)16)18-11-7-8-15(19-2)14(17)9-11/h3-10,18H,1-2H3. The van der Waals surface area contributed by atoms with Gasteiger partial charge in [0.25, 0.3) is 0 Å². The third-order valence-corrected chi connectivity index (χ3v) is 3.25. The third kappa shape index (κ3) is 3.18. The molecule has 2 rings (SSSR count). The highest BCUT2D eigenvalue weighted by atomic mass is 35.5. The molecule has 100 valence electrons. The number of hydrogen-bond donors (Lipinski definition) is 1. The van der Waals surface area contributed by atoms with Gasteiger partial charge in [0.15, 0.2) is 11.6 Å². The lowest BCUT2D eigenvalue weighted by molar-refractivity contribution is 0.386. The normalized spacial score (nSPS) is 12.0. The smallest absolute Gasteiger partial charge is 0.167 e. The van der Waals surface area contributed by atoms with Crippen molar-refractivity contribution in [1.29, 1.82) is 0 Å². The molecule has 2 aromatic carbocycles. The van der Waals surface area contributed by atoms with E-state index < -0.39 is 0 Å². The lowest BCUT2D eigenvalue weighted by Crippen LogP contribution is -2.07. The Morgan fingerprint density at radius 2 is 1.95 bits per heavy atom. The molecule has 1 unspecified atom stereocenters. The first-order valence-corrected chi connectivity index (χ1v) is 6.34. The van der Waals surface area contributed by atoms with Gasteiger partial charge in [-0.25, -0.2) is 4.39 Å². The Bertz CT molecular complexity index is 574. The third-order valence-electron chi connectivity index (χ3n) is 2.91. The second-order valence-corrected chi connectivity index (χ2v) is 4.64. The zero-order chi connectivity index (χ0) is 13.8. The minimum atomic E-state index is -0.390. The van der Waals surface area contributed by atoms with Gasteiger partial charge >= 0.3 is 0 Å². The first kappa shape index (κ1) is 13.7. The fraction of sp³-hybridized carbons (Fsp3) is 0.200. The molecule has 19 heavy (non-hydrogen) atoms. The van der Waals surface area contributed by atoms with Gasteiger partial charge < -0.3 is 10.1 Å². The first-order valence-electron chi connectivity index (χ1n) is 5.96. The van der Waals surface area contributed by atoms with E-state index in [-0.39, 0.29) is 17.6 Å². The molecule has 0 aliphatic carbocycles. The zero-order valence-electron chi connectivity index (χ0n) is 10.8. The van der Waals surface area contributed by atoms with E-state index in [4.69, 9.17) is 16.3 Å². The van der Waals surface area contributed by atoms with E-state index in [1.54, 1.807) is 12.1 Å². The van der Waals surface area contributed by atoms with Crippen molar-refractivity contribution in [3.8, 4) is 5.75 Å². The van der Waals surface area contributed by atoms with Gasteiger partial charge in [0.1, 0.15) is 0 Å². The van der Waals surface area contributed by atoms with Crippen LogP contribution in [0.1, 0.15) is 18.5 Å². The van der Waals surface area contributed by atoms with Crippen LogP contribution in [0.3, 0.4) is 0 Å². The van der Waals surface area contributed by atoms with E-state index in [1.807, 2.05) is 31.2 Å². The van der Waals surface area contributed by atoms with E-state index in [9.17, 15) is 4.39 Å².